The molecule has 0 amide bonds. The van der Waals surface area contributed by atoms with E-state index in [2.05, 4.69) is 52.3 Å². The number of aromatic nitrogens is 4. The molecule has 132 valence electrons. The minimum absolute atomic E-state index is 0.350. The molecule has 0 spiro atoms. The summed E-state index contributed by atoms with van der Waals surface area (Å²) in [5.41, 5.74) is 1.27. The first-order valence-electron chi connectivity index (χ1n) is 9.08. The van der Waals surface area contributed by atoms with Crippen molar-refractivity contribution in [1.29, 1.82) is 0 Å². The van der Waals surface area contributed by atoms with E-state index in [1.165, 1.54) is 12.1 Å². The van der Waals surface area contributed by atoms with Gasteiger partial charge in [0, 0.05) is 31.7 Å². The largest absolute Gasteiger partial charge is 0.339 e. The van der Waals surface area contributed by atoms with Crippen molar-refractivity contribution in [1.82, 2.24) is 24.6 Å². The van der Waals surface area contributed by atoms with Gasteiger partial charge < -0.3 is 9.09 Å². The Bertz CT molecular complexity index is 645. The van der Waals surface area contributed by atoms with Crippen LogP contribution in [-0.2, 0) is 13.0 Å². The van der Waals surface area contributed by atoms with Gasteiger partial charge in [-0.25, -0.2) is 4.98 Å². The molecular weight excluding hydrogens is 302 g/mol. The van der Waals surface area contributed by atoms with Crippen LogP contribution in [0.4, 0.5) is 0 Å². The SMILES string of the molecule is CC(C)Cc1noc([C@H]2CCCN(Cc3cncn3C(C)C)C2)n1. The zero-order valence-electron chi connectivity index (χ0n) is 15.3. The third kappa shape index (κ3) is 4.04. The van der Waals surface area contributed by atoms with Crippen LogP contribution in [0.3, 0.4) is 0 Å². The first kappa shape index (κ1) is 17.1. The molecule has 3 heterocycles. The fourth-order valence-electron chi connectivity index (χ4n) is 3.43. The molecule has 1 aliphatic rings. The van der Waals surface area contributed by atoms with E-state index in [4.69, 9.17) is 4.52 Å². The van der Waals surface area contributed by atoms with Gasteiger partial charge in [0.15, 0.2) is 5.82 Å². The highest BCUT2D eigenvalue weighted by Gasteiger charge is 2.26. The number of rotatable bonds is 6. The molecule has 1 fully saturated rings. The number of hydrogen-bond acceptors (Lipinski definition) is 5. The zero-order chi connectivity index (χ0) is 17.1. The van der Waals surface area contributed by atoms with Crippen LogP contribution in [0.2, 0.25) is 0 Å². The molecule has 2 aromatic heterocycles. The number of likely N-dealkylation sites (tertiary alicyclic amines) is 1. The molecule has 24 heavy (non-hydrogen) atoms. The molecule has 0 bridgehead atoms. The lowest BCUT2D eigenvalue weighted by Gasteiger charge is -2.31. The van der Waals surface area contributed by atoms with E-state index in [1.54, 1.807) is 0 Å². The highest BCUT2D eigenvalue weighted by Crippen LogP contribution is 2.27. The molecule has 1 atom stereocenters. The number of imidazole rings is 1. The van der Waals surface area contributed by atoms with Crippen molar-refractivity contribution >= 4 is 0 Å². The van der Waals surface area contributed by atoms with Gasteiger partial charge in [-0.3, -0.25) is 4.90 Å². The Morgan fingerprint density at radius 3 is 2.88 bits per heavy atom. The molecule has 2 aromatic rings. The number of piperidine rings is 1. The monoisotopic (exact) mass is 331 g/mol. The lowest BCUT2D eigenvalue weighted by atomic mass is 9.98. The average Bonchev–Trinajstić information content (AvgIpc) is 3.16. The van der Waals surface area contributed by atoms with E-state index in [1.807, 2.05) is 12.5 Å². The highest BCUT2D eigenvalue weighted by molar-refractivity contribution is 5.02. The summed E-state index contributed by atoms with van der Waals surface area (Å²) in [6.45, 7) is 11.8. The van der Waals surface area contributed by atoms with Crippen molar-refractivity contribution in [2.75, 3.05) is 13.1 Å². The number of hydrogen-bond donors (Lipinski definition) is 0. The molecule has 6 nitrogen and oxygen atoms in total. The van der Waals surface area contributed by atoms with E-state index in [-0.39, 0.29) is 0 Å². The molecule has 6 heteroatoms. The van der Waals surface area contributed by atoms with Crippen molar-refractivity contribution in [2.45, 2.75) is 65.5 Å². The average molecular weight is 331 g/mol. The first-order valence-corrected chi connectivity index (χ1v) is 9.08. The Balaban J connectivity index is 1.64. The molecule has 0 aliphatic carbocycles. The summed E-state index contributed by atoms with van der Waals surface area (Å²) in [6, 6.07) is 0.442. The maximum atomic E-state index is 5.55. The third-order valence-corrected chi connectivity index (χ3v) is 4.62. The van der Waals surface area contributed by atoms with E-state index in [0.29, 0.717) is 17.9 Å². The summed E-state index contributed by atoms with van der Waals surface area (Å²) in [4.78, 5) is 11.4. The second-order valence-electron chi connectivity index (χ2n) is 7.61. The van der Waals surface area contributed by atoms with E-state index in [0.717, 1.165) is 44.2 Å². The Kier molecular flexibility index (Phi) is 5.33. The lowest BCUT2D eigenvalue weighted by molar-refractivity contribution is 0.176. The number of nitrogens with zero attached hydrogens (tertiary/aromatic N) is 5. The molecule has 3 rings (SSSR count). The molecule has 1 saturated heterocycles. The summed E-state index contributed by atoms with van der Waals surface area (Å²) in [6.07, 6.45) is 7.09. The predicted octanol–water partition coefficient (Wildman–Crippen LogP) is 3.43. The summed E-state index contributed by atoms with van der Waals surface area (Å²) >= 11 is 0. The van der Waals surface area contributed by atoms with Crippen LogP contribution in [0.15, 0.2) is 17.0 Å². The predicted molar refractivity (Wildman–Crippen MR) is 92.7 cm³/mol. The van der Waals surface area contributed by atoms with Gasteiger partial charge >= 0.3 is 0 Å². The maximum Gasteiger partial charge on any atom is 0.231 e. The third-order valence-electron chi connectivity index (χ3n) is 4.62. The highest BCUT2D eigenvalue weighted by atomic mass is 16.5. The van der Waals surface area contributed by atoms with Gasteiger partial charge in [0.05, 0.1) is 17.9 Å². The molecular formula is C18H29N5O. The lowest BCUT2D eigenvalue weighted by Crippen LogP contribution is -2.34. The van der Waals surface area contributed by atoms with Crippen molar-refractivity contribution < 1.29 is 4.52 Å². The molecule has 0 aromatic carbocycles. The first-order chi connectivity index (χ1) is 11.5. The smallest absolute Gasteiger partial charge is 0.231 e. The van der Waals surface area contributed by atoms with Gasteiger partial charge in [0.1, 0.15) is 0 Å². The van der Waals surface area contributed by atoms with Crippen LogP contribution in [0, 0.1) is 5.92 Å². The normalized spacial score (nSPS) is 19.5. The summed E-state index contributed by atoms with van der Waals surface area (Å²) in [5, 5.41) is 4.15. The molecule has 0 N–H and O–H groups in total. The van der Waals surface area contributed by atoms with Crippen molar-refractivity contribution in [3.63, 3.8) is 0 Å². The fraction of sp³-hybridized carbons (Fsp3) is 0.722. The van der Waals surface area contributed by atoms with E-state index in [9.17, 15) is 0 Å². The molecule has 0 radical (unpaired) electrons. The molecule has 1 aliphatic heterocycles. The van der Waals surface area contributed by atoms with Crippen molar-refractivity contribution in [3.8, 4) is 0 Å². The van der Waals surface area contributed by atoms with Crippen LogP contribution >= 0.6 is 0 Å². The fourth-order valence-corrected chi connectivity index (χ4v) is 3.43. The Labute approximate surface area is 144 Å². The minimum atomic E-state index is 0.350. The maximum absolute atomic E-state index is 5.55. The van der Waals surface area contributed by atoms with Gasteiger partial charge in [0.25, 0.3) is 0 Å². The zero-order valence-corrected chi connectivity index (χ0v) is 15.3. The van der Waals surface area contributed by atoms with Crippen LogP contribution in [0.1, 0.15) is 69.9 Å². The standard InChI is InChI=1S/C18H29N5O/c1-13(2)8-17-20-18(24-21-17)15-6-5-7-22(10-15)11-16-9-19-12-23(16)14(3)4/h9,12-15H,5-8,10-11H2,1-4H3/t15-/m0/s1. The van der Waals surface area contributed by atoms with E-state index >= 15 is 0 Å². The van der Waals surface area contributed by atoms with Crippen LogP contribution in [-0.4, -0.2) is 37.7 Å². The van der Waals surface area contributed by atoms with Gasteiger partial charge in [-0.2, -0.15) is 4.98 Å². The molecule has 0 unspecified atom stereocenters. The quantitative estimate of drug-likeness (QED) is 0.811. The van der Waals surface area contributed by atoms with Gasteiger partial charge in [-0.05, 0) is 39.2 Å². The molecule has 0 saturated carbocycles. The van der Waals surface area contributed by atoms with Gasteiger partial charge in [-0.1, -0.05) is 19.0 Å². The Hall–Kier alpha value is -1.69. The van der Waals surface area contributed by atoms with Crippen LogP contribution in [0.5, 0.6) is 0 Å². The van der Waals surface area contributed by atoms with E-state index < -0.39 is 0 Å². The summed E-state index contributed by atoms with van der Waals surface area (Å²) in [7, 11) is 0. The Morgan fingerprint density at radius 2 is 2.12 bits per heavy atom. The van der Waals surface area contributed by atoms with Crippen molar-refractivity contribution in [2.24, 2.45) is 5.92 Å². The topological polar surface area (TPSA) is 60.0 Å². The van der Waals surface area contributed by atoms with Crippen molar-refractivity contribution in [3.05, 3.63) is 29.9 Å². The second kappa shape index (κ2) is 7.47. The van der Waals surface area contributed by atoms with Gasteiger partial charge in [-0.15, -0.1) is 0 Å². The Morgan fingerprint density at radius 1 is 1.29 bits per heavy atom. The summed E-state index contributed by atoms with van der Waals surface area (Å²) in [5.74, 6) is 2.56. The van der Waals surface area contributed by atoms with Crippen LogP contribution in [0.25, 0.3) is 0 Å². The van der Waals surface area contributed by atoms with Gasteiger partial charge in [0.2, 0.25) is 5.89 Å². The second-order valence-corrected chi connectivity index (χ2v) is 7.61. The summed E-state index contributed by atoms with van der Waals surface area (Å²) < 4.78 is 7.79. The minimum Gasteiger partial charge on any atom is -0.339 e. The van der Waals surface area contributed by atoms with Crippen LogP contribution < -0.4 is 0 Å².